The monoisotopic (exact) mass is 256 g/mol. The fourth-order valence-corrected chi connectivity index (χ4v) is 2.22. The molecule has 0 bridgehead atoms. The molecule has 1 fully saturated rings. The Balaban J connectivity index is 2.33. The summed E-state index contributed by atoms with van der Waals surface area (Å²) in [6.45, 7) is 3.95. The minimum atomic E-state index is 0.522. The summed E-state index contributed by atoms with van der Waals surface area (Å²) in [6.07, 6.45) is 0. The summed E-state index contributed by atoms with van der Waals surface area (Å²) in [7, 11) is 3.23. The molecule has 1 aromatic rings. The smallest absolute Gasteiger partial charge is 0.143 e. The Labute approximate surface area is 106 Å². The van der Waals surface area contributed by atoms with Crippen LogP contribution in [0.4, 0.5) is 5.69 Å². The third-order valence-corrected chi connectivity index (χ3v) is 3.29. The van der Waals surface area contributed by atoms with Crippen molar-refractivity contribution in [3.63, 3.8) is 0 Å². The van der Waals surface area contributed by atoms with E-state index in [2.05, 4.69) is 10.2 Å². The zero-order valence-electron chi connectivity index (χ0n) is 10.1. The summed E-state index contributed by atoms with van der Waals surface area (Å²) >= 11 is 6.14. The first-order valence-corrected chi connectivity index (χ1v) is 6.01. The molecular weight excluding hydrogens is 240 g/mol. The molecule has 5 heteroatoms. The molecule has 4 nitrogen and oxygen atoms in total. The average Bonchev–Trinajstić information content (AvgIpc) is 2.40. The Morgan fingerprint density at radius 2 is 1.65 bits per heavy atom. The molecule has 1 aliphatic heterocycles. The molecule has 0 atom stereocenters. The molecule has 0 radical (unpaired) electrons. The van der Waals surface area contributed by atoms with E-state index in [9.17, 15) is 0 Å². The summed E-state index contributed by atoms with van der Waals surface area (Å²) in [6, 6.07) is 3.91. The van der Waals surface area contributed by atoms with E-state index in [0.29, 0.717) is 16.5 Å². The molecule has 17 heavy (non-hydrogen) atoms. The Kier molecular flexibility index (Phi) is 3.97. The highest BCUT2D eigenvalue weighted by molar-refractivity contribution is 6.33. The maximum Gasteiger partial charge on any atom is 0.143 e. The summed E-state index contributed by atoms with van der Waals surface area (Å²) in [4.78, 5) is 2.29. The van der Waals surface area contributed by atoms with Crippen LogP contribution in [-0.4, -0.2) is 40.4 Å². The number of methoxy groups -OCH3 is 2. The summed E-state index contributed by atoms with van der Waals surface area (Å²) < 4.78 is 10.5. The number of nitrogens with one attached hydrogen (secondary N) is 1. The number of piperazine rings is 1. The van der Waals surface area contributed by atoms with Crippen LogP contribution in [0.1, 0.15) is 0 Å². The first kappa shape index (κ1) is 12.3. The van der Waals surface area contributed by atoms with Crippen LogP contribution >= 0.6 is 11.6 Å². The second kappa shape index (κ2) is 5.47. The SMILES string of the molecule is COc1cc(N2CCNCC2)cc(OC)c1Cl. The number of halogens is 1. The van der Waals surface area contributed by atoms with Crippen molar-refractivity contribution >= 4 is 17.3 Å². The van der Waals surface area contributed by atoms with Gasteiger partial charge in [0, 0.05) is 44.0 Å². The van der Waals surface area contributed by atoms with E-state index < -0.39 is 0 Å². The molecule has 0 aromatic heterocycles. The summed E-state index contributed by atoms with van der Waals surface area (Å²) in [5.41, 5.74) is 1.09. The lowest BCUT2D eigenvalue weighted by Gasteiger charge is -2.30. The minimum Gasteiger partial charge on any atom is -0.495 e. The van der Waals surface area contributed by atoms with Crippen molar-refractivity contribution in [2.45, 2.75) is 0 Å². The lowest BCUT2D eigenvalue weighted by molar-refractivity contribution is 0.394. The Morgan fingerprint density at radius 3 is 2.12 bits per heavy atom. The quantitative estimate of drug-likeness (QED) is 0.894. The predicted octanol–water partition coefficient (Wildman–Crippen LogP) is 1.77. The van der Waals surface area contributed by atoms with Gasteiger partial charge in [0.05, 0.1) is 14.2 Å². The lowest BCUT2D eigenvalue weighted by atomic mass is 10.2. The molecule has 0 aliphatic carbocycles. The van der Waals surface area contributed by atoms with E-state index in [1.54, 1.807) is 14.2 Å². The largest absolute Gasteiger partial charge is 0.495 e. The molecule has 1 heterocycles. The van der Waals surface area contributed by atoms with Crippen molar-refractivity contribution in [2.24, 2.45) is 0 Å². The lowest BCUT2D eigenvalue weighted by Crippen LogP contribution is -2.43. The Hall–Kier alpha value is -1.13. The van der Waals surface area contributed by atoms with E-state index in [1.807, 2.05) is 12.1 Å². The summed E-state index contributed by atoms with van der Waals surface area (Å²) in [5.74, 6) is 1.30. The van der Waals surface area contributed by atoms with Crippen LogP contribution in [0.2, 0.25) is 5.02 Å². The molecule has 2 rings (SSSR count). The highest BCUT2D eigenvalue weighted by atomic mass is 35.5. The number of hydrogen-bond acceptors (Lipinski definition) is 4. The van der Waals surface area contributed by atoms with Gasteiger partial charge in [0.2, 0.25) is 0 Å². The maximum atomic E-state index is 6.14. The maximum absolute atomic E-state index is 6.14. The van der Waals surface area contributed by atoms with Gasteiger partial charge < -0.3 is 19.7 Å². The first-order valence-electron chi connectivity index (χ1n) is 5.63. The standard InChI is InChI=1S/C12H17ClN2O2/c1-16-10-7-9(8-11(17-2)12(10)13)15-5-3-14-4-6-15/h7-8,14H,3-6H2,1-2H3. The number of benzene rings is 1. The number of ether oxygens (including phenoxy) is 2. The predicted molar refractivity (Wildman–Crippen MR) is 69.6 cm³/mol. The number of rotatable bonds is 3. The van der Waals surface area contributed by atoms with Crippen LogP contribution in [0.15, 0.2) is 12.1 Å². The molecule has 0 spiro atoms. The van der Waals surface area contributed by atoms with E-state index in [0.717, 1.165) is 31.9 Å². The van der Waals surface area contributed by atoms with Gasteiger partial charge in [0.25, 0.3) is 0 Å². The normalized spacial score (nSPS) is 15.8. The first-order chi connectivity index (χ1) is 8.26. The van der Waals surface area contributed by atoms with Crippen molar-refractivity contribution in [1.29, 1.82) is 0 Å². The van der Waals surface area contributed by atoms with Crippen LogP contribution in [0.25, 0.3) is 0 Å². The molecular formula is C12H17ClN2O2. The highest BCUT2D eigenvalue weighted by Crippen LogP contribution is 2.38. The van der Waals surface area contributed by atoms with Gasteiger partial charge in [-0.3, -0.25) is 0 Å². The van der Waals surface area contributed by atoms with Crippen molar-refractivity contribution in [2.75, 3.05) is 45.3 Å². The van der Waals surface area contributed by atoms with Crippen LogP contribution in [-0.2, 0) is 0 Å². The Morgan fingerprint density at radius 1 is 1.12 bits per heavy atom. The Bertz CT molecular complexity index is 367. The van der Waals surface area contributed by atoms with Gasteiger partial charge in [-0.15, -0.1) is 0 Å². The van der Waals surface area contributed by atoms with Gasteiger partial charge in [-0.2, -0.15) is 0 Å². The van der Waals surface area contributed by atoms with E-state index in [1.165, 1.54) is 0 Å². The fourth-order valence-electron chi connectivity index (χ4n) is 1.96. The van der Waals surface area contributed by atoms with Gasteiger partial charge in [-0.25, -0.2) is 0 Å². The van der Waals surface area contributed by atoms with Gasteiger partial charge in [-0.1, -0.05) is 11.6 Å². The van der Waals surface area contributed by atoms with Crippen molar-refractivity contribution in [3.05, 3.63) is 17.2 Å². The van der Waals surface area contributed by atoms with Gasteiger partial charge in [0.15, 0.2) is 0 Å². The number of nitrogens with zero attached hydrogens (tertiary/aromatic N) is 1. The number of hydrogen-bond donors (Lipinski definition) is 1. The second-order valence-electron chi connectivity index (χ2n) is 3.90. The third-order valence-electron chi connectivity index (χ3n) is 2.91. The van der Waals surface area contributed by atoms with Gasteiger partial charge >= 0.3 is 0 Å². The van der Waals surface area contributed by atoms with Gasteiger partial charge in [-0.05, 0) is 0 Å². The molecule has 0 unspecified atom stereocenters. The molecule has 0 saturated carbocycles. The van der Waals surface area contributed by atoms with Crippen LogP contribution in [0, 0.1) is 0 Å². The second-order valence-corrected chi connectivity index (χ2v) is 4.28. The summed E-state index contributed by atoms with van der Waals surface area (Å²) in [5, 5.41) is 3.84. The minimum absolute atomic E-state index is 0.522. The number of anilines is 1. The van der Waals surface area contributed by atoms with Crippen LogP contribution < -0.4 is 19.7 Å². The van der Waals surface area contributed by atoms with Crippen LogP contribution in [0.5, 0.6) is 11.5 Å². The average molecular weight is 257 g/mol. The van der Waals surface area contributed by atoms with Crippen molar-refractivity contribution in [3.8, 4) is 11.5 Å². The van der Waals surface area contributed by atoms with E-state index in [-0.39, 0.29) is 0 Å². The van der Waals surface area contributed by atoms with E-state index >= 15 is 0 Å². The third kappa shape index (κ3) is 2.58. The molecule has 1 saturated heterocycles. The van der Waals surface area contributed by atoms with Crippen molar-refractivity contribution < 1.29 is 9.47 Å². The topological polar surface area (TPSA) is 33.7 Å². The zero-order valence-corrected chi connectivity index (χ0v) is 10.9. The molecule has 1 N–H and O–H groups in total. The van der Waals surface area contributed by atoms with E-state index in [4.69, 9.17) is 21.1 Å². The van der Waals surface area contributed by atoms with Crippen LogP contribution in [0.3, 0.4) is 0 Å². The molecule has 94 valence electrons. The van der Waals surface area contributed by atoms with Gasteiger partial charge in [0.1, 0.15) is 16.5 Å². The fraction of sp³-hybridized carbons (Fsp3) is 0.500. The molecule has 1 aliphatic rings. The molecule has 0 amide bonds. The zero-order chi connectivity index (χ0) is 12.3. The highest BCUT2D eigenvalue weighted by Gasteiger charge is 2.16. The van der Waals surface area contributed by atoms with Crippen molar-refractivity contribution in [1.82, 2.24) is 5.32 Å². The molecule has 1 aromatic carbocycles.